The summed E-state index contributed by atoms with van der Waals surface area (Å²) in [7, 11) is 0. The summed E-state index contributed by atoms with van der Waals surface area (Å²) in [4.78, 5) is 12.5. The molecular weight excluding hydrogens is 296 g/mol. The summed E-state index contributed by atoms with van der Waals surface area (Å²) in [6, 6.07) is 4.38. The number of benzene rings is 1. The molecule has 2 aliphatic heterocycles. The molecule has 2 bridgehead atoms. The third kappa shape index (κ3) is 1.90. The smallest absolute Gasteiger partial charge is 0.229 e. The van der Waals surface area contributed by atoms with Gasteiger partial charge in [0.05, 0.1) is 28.4 Å². The van der Waals surface area contributed by atoms with E-state index in [-0.39, 0.29) is 11.8 Å². The number of hydrogen-bond acceptors (Lipinski definition) is 5. The number of hydrogen-bond donors (Lipinski definition) is 2. The quantitative estimate of drug-likeness (QED) is 0.894. The number of carbonyl (C=O) groups is 1. The van der Waals surface area contributed by atoms with Gasteiger partial charge < -0.3 is 10.6 Å². The number of amides is 1. The van der Waals surface area contributed by atoms with E-state index in [1.807, 2.05) is 6.07 Å². The molecule has 1 amide bonds. The Hall–Kier alpha value is -1.24. The molecule has 0 aliphatic carbocycles. The molecule has 2 aromatic rings. The number of anilines is 1. The molecule has 2 aliphatic rings. The van der Waals surface area contributed by atoms with Gasteiger partial charge in [0.2, 0.25) is 5.91 Å². The molecule has 1 aromatic carbocycles. The highest BCUT2D eigenvalue weighted by atomic mass is 35.5. The van der Waals surface area contributed by atoms with Gasteiger partial charge in [0.25, 0.3) is 0 Å². The molecule has 104 valence electrons. The number of aromatic nitrogens is 2. The number of carbonyl (C=O) groups excluding carboxylic acids is 1. The molecule has 2 saturated heterocycles. The Labute approximate surface area is 125 Å². The molecule has 20 heavy (non-hydrogen) atoms. The molecule has 0 saturated carbocycles. The van der Waals surface area contributed by atoms with E-state index in [9.17, 15) is 4.79 Å². The van der Waals surface area contributed by atoms with Crippen molar-refractivity contribution in [2.24, 2.45) is 5.92 Å². The van der Waals surface area contributed by atoms with Gasteiger partial charge >= 0.3 is 0 Å². The van der Waals surface area contributed by atoms with Gasteiger partial charge in [0.1, 0.15) is 11.0 Å². The Kier molecular flexibility index (Phi) is 2.90. The summed E-state index contributed by atoms with van der Waals surface area (Å²) < 4.78 is 8.39. The first kappa shape index (κ1) is 12.5. The summed E-state index contributed by atoms with van der Waals surface area (Å²) in [5.74, 6) is 0.0683. The van der Waals surface area contributed by atoms with E-state index in [2.05, 4.69) is 19.4 Å². The summed E-state index contributed by atoms with van der Waals surface area (Å²) in [5.41, 5.74) is 2.03. The van der Waals surface area contributed by atoms with Gasteiger partial charge in [-0.2, -0.15) is 8.75 Å². The third-order valence-electron chi connectivity index (χ3n) is 4.26. The lowest BCUT2D eigenvalue weighted by atomic mass is 9.88. The fraction of sp³-hybridized carbons (Fsp3) is 0.462. The van der Waals surface area contributed by atoms with E-state index < -0.39 is 0 Å². The lowest BCUT2D eigenvalue weighted by molar-refractivity contribution is -0.120. The van der Waals surface area contributed by atoms with E-state index >= 15 is 0 Å². The van der Waals surface area contributed by atoms with Crippen LogP contribution in [0, 0.1) is 5.92 Å². The molecule has 3 atom stereocenters. The summed E-state index contributed by atoms with van der Waals surface area (Å²) in [5, 5.41) is 6.94. The zero-order valence-corrected chi connectivity index (χ0v) is 12.2. The Bertz CT molecular complexity index is 688. The molecule has 7 heteroatoms. The largest absolute Gasteiger partial charge is 0.323 e. The average Bonchev–Trinajstić information content (AvgIpc) is 3.15. The van der Waals surface area contributed by atoms with E-state index in [0.717, 1.165) is 30.1 Å². The van der Waals surface area contributed by atoms with Gasteiger partial charge in [-0.05, 0) is 31.4 Å². The maximum atomic E-state index is 12.5. The molecule has 4 rings (SSSR count). The van der Waals surface area contributed by atoms with Gasteiger partial charge in [-0.15, -0.1) is 0 Å². The van der Waals surface area contributed by atoms with Crippen LogP contribution in [0.4, 0.5) is 5.69 Å². The van der Waals surface area contributed by atoms with Crippen molar-refractivity contribution >= 4 is 46.0 Å². The van der Waals surface area contributed by atoms with Crippen LogP contribution in [0.1, 0.15) is 19.3 Å². The van der Waals surface area contributed by atoms with Crippen LogP contribution in [0.15, 0.2) is 12.1 Å². The van der Waals surface area contributed by atoms with E-state index in [0.29, 0.717) is 28.3 Å². The minimum absolute atomic E-state index is 0.0340. The van der Waals surface area contributed by atoms with Gasteiger partial charge in [-0.25, -0.2) is 0 Å². The number of fused-ring (bicyclic) bond motifs is 3. The topological polar surface area (TPSA) is 66.9 Å². The second-order valence-electron chi connectivity index (χ2n) is 5.43. The normalized spacial score (nSPS) is 28.1. The van der Waals surface area contributed by atoms with Crippen LogP contribution in [-0.2, 0) is 4.79 Å². The number of nitrogens with one attached hydrogen (secondary N) is 2. The minimum atomic E-state index is 0.0340. The lowest BCUT2D eigenvalue weighted by Crippen LogP contribution is -2.32. The Balaban J connectivity index is 1.62. The molecule has 3 unspecified atom stereocenters. The highest BCUT2D eigenvalue weighted by Gasteiger charge is 2.42. The Morgan fingerprint density at radius 1 is 1.40 bits per heavy atom. The first-order valence-electron chi connectivity index (χ1n) is 6.70. The fourth-order valence-electron chi connectivity index (χ4n) is 3.28. The van der Waals surface area contributed by atoms with Crippen LogP contribution in [0.2, 0.25) is 5.02 Å². The van der Waals surface area contributed by atoms with Crippen LogP contribution < -0.4 is 10.6 Å². The predicted octanol–water partition coefficient (Wildman–Crippen LogP) is 2.42. The van der Waals surface area contributed by atoms with Crippen molar-refractivity contribution in [2.75, 3.05) is 5.32 Å². The number of rotatable bonds is 2. The SMILES string of the molecule is O=C(Nc1c(Cl)ccc2nsnc12)C1CC2CCC1N2. The second kappa shape index (κ2) is 4.65. The van der Waals surface area contributed by atoms with Crippen LogP contribution in [0.3, 0.4) is 0 Å². The molecular formula is C13H13ClN4OS. The Morgan fingerprint density at radius 3 is 3.05 bits per heavy atom. The van der Waals surface area contributed by atoms with Gasteiger partial charge in [0.15, 0.2) is 0 Å². The van der Waals surface area contributed by atoms with Crippen molar-refractivity contribution in [2.45, 2.75) is 31.3 Å². The lowest BCUT2D eigenvalue weighted by Gasteiger charge is -2.19. The maximum absolute atomic E-state index is 12.5. The third-order valence-corrected chi connectivity index (χ3v) is 5.12. The highest BCUT2D eigenvalue weighted by molar-refractivity contribution is 7.00. The van der Waals surface area contributed by atoms with E-state index in [1.54, 1.807) is 6.07 Å². The Morgan fingerprint density at radius 2 is 2.30 bits per heavy atom. The van der Waals surface area contributed by atoms with Crippen LogP contribution >= 0.6 is 23.3 Å². The van der Waals surface area contributed by atoms with Crippen LogP contribution in [0.25, 0.3) is 11.0 Å². The van der Waals surface area contributed by atoms with Crippen molar-refractivity contribution in [3.8, 4) is 0 Å². The average molecular weight is 309 g/mol. The van der Waals surface area contributed by atoms with Gasteiger partial charge in [-0.1, -0.05) is 11.6 Å². The molecule has 0 spiro atoms. The molecule has 3 heterocycles. The van der Waals surface area contributed by atoms with Gasteiger partial charge in [-0.3, -0.25) is 4.79 Å². The molecule has 2 fully saturated rings. The van der Waals surface area contributed by atoms with Crippen molar-refractivity contribution in [3.63, 3.8) is 0 Å². The molecule has 0 radical (unpaired) electrons. The monoisotopic (exact) mass is 308 g/mol. The molecule has 1 aromatic heterocycles. The van der Waals surface area contributed by atoms with Gasteiger partial charge in [0, 0.05) is 12.1 Å². The number of halogens is 1. The minimum Gasteiger partial charge on any atom is -0.323 e. The summed E-state index contributed by atoms with van der Waals surface area (Å²) in [6.45, 7) is 0. The maximum Gasteiger partial charge on any atom is 0.229 e. The van der Waals surface area contributed by atoms with Crippen LogP contribution in [-0.4, -0.2) is 26.7 Å². The predicted molar refractivity (Wildman–Crippen MR) is 79.1 cm³/mol. The number of nitrogens with zero attached hydrogens (tertiary/aromatic N) is 2. The van der Waals surface area contributed by atoms with Crippen molar-refractivity contribution < 1.29 is 4.79 Å². The van der Waals surface area contributed by atoms with Crippen molar-refractivity contribution in [1.82, 2.24) is 14.1 Å². The van der Waals surface area contributed by atoms with Crippen molar-refractivity contribution in [3.05, 3.63) is 17.2 Å². The van der Waals surface area contributed by atoms with E-state index in [4.69, 9.17) is 11.6 Å². The summed E-state index contributed by atoms with van der Waals surface area (Å²) in [6.07, 6.45) is 3.18. The first-order valence-corrected chi connectivity index (χ1v) is 7.81. The zero-order chi connectivity index (χ0) is 13.7. The molecule has 5 nitrogen and oxygen atoms in total. The van der Waals surface area contributed by atoms with Crippen LogP contribution in [0.5, 0.6) is 0 Å². The second-order valence-corrected chi connectivity index (χ2v) is 6.37. The van der Waals surface area contributed by atoms with E-state index in [1.165, 1.54) is 6.42 Å². The highest BCUT2D eigenvalue weighted by Crippen LogP contribution is 2.35. The molecule has 2 N–H and O–H groups in total. The standard InChI is InChI=1S/C13H13ClN4OS/c14-8-2-4-10-12(18-20-17-10)11(8)16-13(19)7-5-6-1-3-9(7)15-6/h2,4,6-7,9,15H,1,3,5H2,(H,16,19). The summed E-state index contributed by atoms with van der Waals surface area (Å²) >= 11 is 7.32. The van der Waals surface area contributed by atoms with Crippen molar-refractivity contribution in [1.29, 1.82) is 0 Å². The zero-order valence-electron chi connectivity index (χ0n) is 10.6. The fourth-order valence-corrected chi connectivity index (χ4v) is 4.02. The first-order chi connectivity index (χ1) is 9.72.